The Bertz CT molecular complexity index is 686. The average Bonchev–Trinajstić information content (AvgIpc) is 3.02. The van der Waals surface area contributed by atoms with Crippen LogP contribution in [0.2, 0.25) is 0 Å². The number of aryl methyl sites for hydroxylation is 1. The standard InChI is InChI=1S/C15H25N5O3S/c1-18-7-3-12(4-8-18)14(21)20-9-5-13(6-10-20)24(22,23)15-17-16-11-19(15)2/h11-13H,3-10H2,1-2H3. The lowest BCUT2D eigenvalue weighted by Crippen LogP contribution is -2.47. The van der Waals surface area contributed by atoms with Gasteiger partial charge in [-0.05, 0) is 45.8 Å². The number of aromatic nitrogens is 3. The summed E-state index contributed by atoms with van der Waals surface area (Å²) in [5, 5.41) is 6.93. The molecule has 2 aliphatic heterocycles. The zero-order chi connectivity index (χ0) is 17.3. The summed E-state index contributed by atoms with van der Waals surface area (Å²) in [5.41, 5.74) is 0. The molecule has 2 aliphatic rings. The number of rotatable bonds is 3. The molecule has 3 heterocycles. The van der Waals surface area contributed by atoms with Crippen LogP contribution in [0.3, 0.4) is 0 Å². The molecular weight excluding hydrogens is 330 g/mol. The third kappa shape index (κ3) is 3.32. The molecule has 0 unspecified atom stereocenters. The third-order valence-corrected chi connectivity index (χ3v) is 7.41. The Morgan fingerprint density at radius 1 is 1.08 bits per heavy atom. The Kier molecular flexibility index (Phi) is 4.91. The summed E-state index contributed by atoms with van der Waals surface area (Å²) in [6, 6.07) is 0. The lowest BCUT2D eigenvalue weighted by atomic mass is 9.94. The van der Waals surface area contributed by atoms with Gasteiger partial charge < -0.3 is 14.4 Å². The highest BCUT2D eigenvalue weighted by atomic mass is 32.2. The van der Waals surface area contributed by atoms with E-state index in [0.29, 0.717) is 25.9 Å². The summed E-state index contributed by atoms with van der Waals surface area (Å²) >= 11 is 0. The molecule has 9 heteroatoms. The van der Waals surface area contributed by atoms with Gasteiger partial charge in [0.05, 0.1) is 5.25 Å². The van der Waals surface area contributed by atoms with Gasteiger partial charge in [-0.15, -0.1) is 10.2 Å². The zero-order valence-electron chi connectivity index (χ0n) is 14.3. The molecule has 1 aromatic heterocycles. The second-order valence-corrected chi connectivity index (χ2v) is 8.99. The molecule has 0 atom stereocenters. The van der Waals surface area contributed by atoms with Crippen LogP contribution in [-0.2, 0) is 21.7 Å². The van der Waals surface area contributed by atoms with Crippen molar-refractivity contribution < 1.29 is 13.2 Å². The SMILES string of the molecule is CN1CCC(C(=O)N2CCC(S(=O)(=O)c3nncn3C)CC2)CC1. The highest BCUT2D eigenvalue weighted by Crippen LogP contribution is 2.26. The Morgan fingerprint density at radius 3 is 2.25 bits per heavy atom. The number of nitrogens with zero attached hydrogens (tertiary/aromatic N) is 5. The van der Waals surface area contributed by atoms with Gasteiger partial charge in [-0.25, -0.2) is 8.42 Å². The molecule has 134 valence electrons. The van der Waals surface area contributed by atoms with Crippen molar-refractivity contribution >= 4 is 15.7 Å². The van der Waals surface area contributed by atoms with Crippen molar-refractivity contribution in [2.24, 2.45) is 13.0 Å². The molecule has 1 amide bonds. The van der Waals surface area contributed by atoms with E-state index in [4.69, 9.17) is 0 Å². The van der Waals surface area contributed by atoms with E-state index in [-0.39, 0.29) is 17.0 Å². The monoisotopic (exact) mass is 355 g/mol. The molecule has 0 radical (unpaired) electrons. The van der Waals surface area contributed by atoms with Crippen LogP contribution in [-0.4, -0.2) is 77.4 Å². The minimum absolute atomic E-state index is 0.0163. The average molecular weight is 355 g/mol. The molecule has 1 aromatic rings. The van der Waals surface area contributed by atoms with E-state index in [2.05, 4.69) is 22.1 Å². The number of piperidine rings is 2. The molecule has 0 N–H and O–H groups in total. The van der Waals surface area contributed by atoms with Crippen LogP contribution in [0.25, 0.3) is 0 Å². The van der Waals surface area contributed by atoms with Gasteiger partial charge in [-0.2, -0.15) is 0 Å². The number of carbonyl (C=O) groups excluding carboxylic acids is 1. The van der Waals surface area contributed by atoms with Crippen LogP contribution in [0.4, 0.5) is 0 Å². The first-order valence-corrected chi connectivity index (χ1v) is 9.99. The van der Waals surface area contributed by atoms with Crippen LogP contribution in [0.1, 0.15) is 25.7 Å². The summed E-state index contributed by atoms with van der Waals surface area (Å²) in [6.45, 7) is 2.92. The summed E-state index contributed by atoms with van der Waals surface area (Å²) in [6.07, 6.45) is 4.12. The van der Waals surface area contributed by atoms with Crippen molar-refractivity contribution in [3.63, 3.8) is 0 Å². The summed E-state index contributed by atoms with van der Waals surface area (Å²) < 4.78 is 26.7. The molecule has 3 rings (SSSR count). The van der Waals surface area contributed by atoms with E-state index in [1.165, 1.54) is 10.9 Å². The smallest absolute Gasteiger partial charge is 0.249 e. The van der Waals surface area contributed by atoms with Crippen molar-refractivity contribution in [2.75, 3.05) is 33.2 Å². The summed E-state index contributed by atoms with van der Waals surface area (Å²) in [4.78, 5) is 16.7. The van der Waals surface area contributed by atoms with Crippen molar-refractivity contribution in [2.45, 2.75) is 36.1 Å². The van der Waals surface area contributed by atoms with Crippen molar-refractivity contribution in [1.29, 1.82) is 0 Å². The summed E-state index contributed by atoms with van der Waals surface area (Å²) in [5.74, 6) is 0.283. The number of likely N-dealkylation sites (tertiary alicyclic amines) is 2. The van der Waals surface area contributed by atoms with Gasteiger partial charge in [0.15, 0.2) is 0 Å². The molecule has 8 nitrogen and oxygen atoms in total. The zero-order valence-corrected chi connectivity index (χ0v) is 15.1. The largest absolute Gasteiger partial charge is 0.342 e. The normalized spacial score (nSPS) is 22.0. The number of amides is 1. The fourth-order valence-corrected chi connectivity index (χ4v) is 5.32. The van der Waals surface area contributed by atoms with Gasteiger partial charge in [-0.3, -0.25) is 4.79 Å². The van der Waals surface area contributed by atoms with Crippen LogP contribution in [0.5, 0.6) is 0 Å². The number of hydrogen-bond acceptors (Lipinski definition) is 6. The second-order valence-electron chi connectivity index (χ2n) is 6.87. The molecule has 0 bridgehead atoms. The number of sulfone groups is 1. The quantitative estimate of drug-likeness (QED) is 0.754. The van der Waals surface area contributed by atoms with E-state index in [9.17, 15) is 13.2 Å². The maximum Gasteiger partial charge on any atom is 0.249 e. The first-order chi connectivity index (χ1) is 11.4. The molecule has 0 spiro atoms. The first kappa shape index (κ1) is 17.3. The predicted octanol–water partition coefficient (Wildman–Crippen LogP) is -0.0784. The summed E-state index contributed by atoms with van der Waals surface area (Å²) in [7, 11) is 0.218. The van der Waals surface area contributed by atoms with Crippen molar-refractivity contribution in [3.8, 4) is 0 Å². The van der Waals surface area contributed by atoms with E-state index < -0.39 is 15.1 Å². The minimum Gasteiger partial charge on any atom is -0.342 e. The second kappa shape index (κ2) is 6.79. The Hall–Kier alpha value is -1.48. The molecule has 0 aromatic carbocycles. The Labute approximate surface area is 142 Å². The predicted molar refractivity (Wildman–Crippen MR) is 88.0 cm³/mol. The van der Waals surface area contributed by atoms with Gasteiger partial charge in [0.25, 0.3) is 0 Å². The van der Waals surface area contributed by atoms with Gasteiger partial charge >= 0.3 is 0 Å². The first-order valence-electron chi connectivity index (χ1n) is 8.45. The maximum absolute atomic E-state index is 12.7. The van der Waals surface area contributed by atoms with Crippen LogP contribution >= 0.6 is 0 Å². The molecule has 0 saturated carbocycles. The third-order valence-electron chi connectivity index (χ3n) is 5.18. The number of hydrogen-bond donors (Lipinski definition) is 0. The van der Waals surface area contributed by atoms with Crippen LogP contribution in [0.15, 0.2) is 11.5 Å². The highest BCUT2D eigenvalue weighted by Gasteiger charge is 2.37. The Morgan fingerprint density at radius 2 is 1.71 bits per heavy atom. The lowest BCUT2D eigenvalue weighted by molar-refractivity contribution is -0.137. The van der Waals surface area contributed by atoms with Gasteiger partial charge in [-0.1, -0.05) is 0 Å². The Balaban J connectivity index is 1.60. The maximum atomic E-state index is 12.7. The highest BCUT2D eigenvalue weighted by molar-refractivity contribution is 7.91. The van der Waals surface area contributed by atoms with E-state index in [1.807, 2.05) is 4.90 Å². The van der Waals surface area contributed by atoms with E-state index in [1.54, 1.807) is 7.05 Å². The van der Waals surface area contributed by atoms with Crippen molar-refractivity contribution in [1.82, 2.24) is 24.6 Å². The topological polar surface area (TPSA) is 88.4 Å². The molecular formula is C15H25N5O3S. The molecule has 0 aliphatic carbocycles. The van der Waals surface area contributed by atoms with Crippen LogP contribution in [0, 0.1) is 5.92 Å². The fourth-order valence-electron chi connectivity index (χ4n) is 3.58. The van der Waals surface area contributed by atoms with Crippen molar-refractivity contribution in [3.05, 3.63) is 6.33 Å². The molecule has 24 heavy (non-hydrogen) atoms. The minimum atomic E-state index is -3.49. The number of carbonyl (C=O) groups is 1. The van der Waals surface area contributed by atoms with E-state index in [0.717, 1.165) is 25.9 Å². The molecule has 2 saturated heterocycles. The van der Waals surface area contributed by atoms with Gasteiger partial charge in [0, 0.05) is 26.1 Å². The fraction of sp³-hybridized carbons (Fsp3) is 0.800. The lowest BCUT2D eigenvalue weighted by Gasteiger charge is -2.36. The van der Waals surface area contributed by atoms with Crippen LogP contribution < -0.4 is 0 Å². The van der Waals surface area contributed by atoms with E-state index >= 15 is 0 Å². The molecule has 2 fully saturated rings. The van der Waals surface area contributed by atoms with Gasteiger partial charge in [0.2, 0.25) is 20.9 Å². The van der Waals surface area contributed by atoms with Gasteiger partial charge in [0.1, 0.15) is 6.33 Å².